The van der Waals surface area contributed by atoms with Crippen LogP contribution in [0.1, 0.15) is 5.69 Å². The third-order valence-corrected chi connectivity index (χ3v) is 3.35. The van der Waals surface area contributed by atoms with E-state index < -0.39 is 17.2 Å². The van der Waals surface area contributed by atoms with E-state index in [1.54, 1.807) is 24.3 Å². The van der Waals surface area contributed by atoms with E-state index in [0.29, 0.717) is 9.92 Å². The predicted octanol–water partition coefficient (Wildman–Crippen LogP) is 4.95. The van der Waals surface area contributed by atoms with Crippen LogP contribution in [0.25, 0.3) is 0 Å². The lowest BCUT2D eigenvalue weighted by atomic mass is 10.4. The van der Waals surface area contributed by atoms with Gasteiger partial charge < -0.3 is 0 Å². The van der Waals surface area contributed by atoms with Crippen molar-refractivity contribution in [2.24, 2.45) is 0 Å². The Labute approximate surface area is 121 Å². The van der Waals surface area contributed by atoms with Crippen molar-refractivity contribution in [1.82, 2.24) is 9.97 Å². The van der Waals surface area contributed by atoms with Crippen LogP contribution >= 0.6 is 35.0 Å². The average molecular weight is 325 g/mol. The molecular formula is C11H5Cl2F3N2S. The molecule has 1 aromatic heterocycles. The second-order valence-corrected chi connectivity index (χ2v) is 5.28. The number of aromatic nitrogens is 2. The molecule has 0 amide bonds. The maximum absolute atomic E-state index is 12.6. The van der Waals surface area contributed by atoms with E-state index in [0.717, 1.165) is 17.8 Å². The summed E-state index contributed by atoms with van der Waals surface area (Å²) in [5.74, 6) is 0. The van der Waals surface area contributed by atoms with Crippen LogP contribution in [-0.4, -0.2) is 9.97 Å². The van der Waals surface area contributed by atoms with Gasteiger partial charge in [-0.05, 0) is 35.9 Å². The van der Waals surface area contributed by atoms with Crippen molar-refractivity contribution in [3.8, 4) is 0 Å². The van der Waals surface area contributed by atoms with Crippen molar-refractivity contribution in [2.75, 3.05) is 0 Å². The minimum absolute atomic E-state index is 0.120. The van der Waals surface area contributed by atoms with Gasteiger partial charge in [0, 0.05) is 16.0 Å². The van der Waals surface area contributed by atoms with E-state index in [4.69, 9.17) is 23.2 Å². The molecule has 1 heterocycles. The molecule has 0 unspecified atom stereocenters. The van der Waals surface area contributed by atoms with Crippen molar-refractivity contribution < 1.29 is 13.2 Å². The molecule has 0 fully saturated rings. The van der Waals surface area contributed by atoms with Crippen molar-refractivity contribution in [3.05, 3.63) is 46.3 Å². The summed E-state index contributed by atoms with van der Waals surface area (Å²) in [6, 6.07) is 7.48. The van der Waals surface area contributed by atoms with E-state index in [9.17, 15) is 13.2 Å². The highest BCUT2D eigenvalue weighted by atomic mass is 35.5. The molecule has 1 aromatic carbocycles. The van der Waals surface area contributed by atoms with E-state index in [2.05, 4.69) is 9.97 Å². The molecule has 8 heteroatoms. The molecule has 0 N–H and O–H groups in total. The van der Waals surface area contributed by atoms with Gasteiger partial charge in [-0.1, -0.05) is 23.4 Å². The number of hydrogen-bond acceptors (Lipinski definition) is 3. The number of benzene rings is 1. The monoisotopic (exact) mass is 324 g/mol. The van der Waals surface area contributed by atoms with Gasteiger partial charge in [-0.25, -0.2) is 9.97 Å². The first kappa shape index (κ1) is 14.4. The fourth-order valence-corrected chi connectivity index (χ4v) is 2.39. The standard InChI is InChI=1S/C11H5Cl2F3N2S/c12-6-1-3-7(4-2-6)19-9-5-8(11(14,15)16)17-10(13)18-9/h1-5H. The van der Waals surface area contributed by atoms with Crippen LogP contribution in [0.3, 0.4) is 0 Å². The zero-order chi connectivity index (χ0) is 14.0. The van der Waals surface area contributed by atoms with Gasteiger partial charge in [0.1, 0.15) is 5.03 Å². The Hall–Kier alpha value is -0.980. The lowest BCUT2D eigenvalue weighted by molar-refractivity contribution is -0.141. The van der Waals surface area contributed by atoms with Gasteiger partial charge in [0.05, 0.1) is 0 Å². The van der Waals surface area contributed by atoms with Crippen molar-refractivity contribution in [1.29, 1.82) is 0 Å². The summed E-state index contributed by atoms with van der Waals surface area (Å²) in [6.45, 7) is 0. The molecule has 0 aliphatic heterocycles. The Morgan fingerprint density at radius 1 is 1.00 bits per heavy atom. The largest absolute Gasteiger partial charge is 0.433 e. The maximum Gasteiger partial charge on any atom is 0.433 e. The second kappa shape index (κ2) is 5.56. The number of nitrogens with zero attached hydrogens (tertiary/aromatic N) is 2. The van der Waals surface area contributed by atoms with Crippen LogP contribution in [0, 0.1) is 0 Å². The van der Waals surface area contributed by atoms with Gasteiger partial charge in [0.2, 0.25) is 5.28 Å². The van der Waals surface area contributed by atoms with E-state index >= 15 is 0 Å². The summed E-state index contributed by atoms with van der Waals surface area (Å²) in [6.07, 6.45) is -4.55. The molecule has 100 valence electrons. The van der Waals surface area contributed by atoms with Gasteiger partial charge >= 0.3 is 6.18 Å². The first-order chi connectivity index (χ1) is 8.84. The van der Waals surface area contributed by atoms with Crippen LogP contribution in [0.15, 0.2) is 40.3 Å². The molecule has 0 saturated heterocycles. The molecular weight excluding hydrogens is 320 g/mol. The minimum atomic E-state index is -4.55. The van der Waals surface area contributed by atoms with E-state index in [1.807, 2.05) is 0 Å². The summed E-state index contributed by atoms with van der Waals surface area (Å²) >= 11 is 12.3. The highest BCUT2D eigenvalue weighted by Crippen LogP contribution is 2.33. The summed E-state index contributed by atoms with van der Waals surface area (Å²) in [5, 5.41) is 0.224. The van der Waals surface area contributed by atoms with Crippen molar-refractivity contribution in [3.63, 3.8) is 0 Å². The molecule has 2 nitrogen and oxygen atoms in total. The molecule has 0 aliphatic rings. The molecule has 2 aromatic rings. The quantitative estimate of drug-likeness (QED) is 0.577. The Morgan fingerprint density at radius 3 is 2.21 bits per heavy atom. The summed E-state index contributed by atoms with van der Waals surface area (Å²) in [5.41, 5.74) is -1.07. The summed E-state index contributed by atoms with van der Waals surface area (Å²) in [7, 11) is 0. The Balaban J connectivity index is 2.30. The molecule has 0 aliphatic carbocycles. The fraction of sp³-hybridized carbons (Fsp3) is 0.0909. The highest BCUT2D eigenvalue weighted by molar-refractivity contribution is 7.99. The van der Waals surface area contributed by atoms with Crippen LogP contribution in [0.5, 0.6) is 0 Å². The second-order valence-electron chi connectivity index (χ2n) is 3.41. The van der Waals surface area contributed by atoms with Gasteiger partial charge in [-0.3, -0.25) is 0 Å². The fourth-order valence-electron chi connectivity index (χ4n) is 1.22. The molecule has 0 saturated carbocycles. The Morgan fingerprint density at radius 2 is 1.63 bits per heavy atom. The van der Waals surface area contributed by atoms with Gasteiger partial charge in [0.15, 0.2) is 5.69 Å². The smallest absolute Gasteiger partial charge is 0.213 e. The van der Waals surface area contributed by atoms with E-state index in [1.165, 1.54) is 0 Å². The lowest BCUT2D eigenvalue weighted by Gasteiger charge is -2.07. The van der Waals surface area contributed by atoms with Gasteiger partial charge in [0.25, 0.3) is 0 Å². The molecule has 0 radical (unpaired) electrons. The zero-order valence-electron chi connectivity index (χ0n) is 9.08. The normalized spacial score (nSPS) is 11.6. The zero-order valence-corrected chi connectivity index (χ0v) is 11.4. The maximum atomic E-state index is 12.6. The number of hydrogen-bond donors (Lipinski definition) is 0. The van der Waals surface area contributed by atoms with Crippen LogP contribution in [-0.2, 0) is 6.18 Å². The average Bonchev–Trinajstić information content (AvgIpc) is 2.30. The predicted molar refractivity (Wildman–Crippen MR) is 67.6 cm³/mol. The lowest BCUT2D eigenvalue weighted by Crippen LogP contribution is -2.09. The molecule has 19 heavy (non-hydrogen) atoms. The third kappa shape index (κ3) is 3.99. The van der Waals surface area contributed by atoms with Crippen LogP contribution in [0.2, 0.25) is 10.3 Å². The summed E-state index contributed by atoms with van der Waals surface area (Å²) in [4.78, 5) is 7.61. The number of alkyl halides is 3. The first-order valence-corrected chi connectivity index (χ1v) is 6.47. The molecule has 2 rings (SSSR count). The topological polar surface area (TPSA) is 25.8 Å². The Bertz CT molecular complexity index is 587. The van der Waals surface area contributed by atoms with Gasteiger partial charge in [-0.15, -0.1) is 0 Å². The number of halogens is 5. The molecule has 0 atom stereocenters. The van der Waals surface area contributed by atoms with E-state index in [-0.39, 0.29) is 5.03 Å². The van der Waals surface area contributed by atoms with Crippen molar-refractivity contribution >= 4 is 35.0 Å². The summed E-state index contributed by atoms with van der Waals surface area (Å²) < 4.78 is 37.7. The Kier molecular flexibility index (Phi) is 4.23. The highest BCUT2D eigenvalue weighted by Gasteiger charge is 2.33. The van der Waals surface area contributed by atoms with Crippen LogP contribution < -0.4 is 0 Å². The minimum Gasteiger partial charge on any atom is -0.213 e. The van der Waals surface area contributed by atoms with Gasteiger partial charge in [-0.2, -0.15) is 13.2 Å². The molecule has 0 spiro atoms. The number of rotatable bonds is 2. The SMILES string of the molecule is FC(F)(F)c1cc(Sc2ccc(Cl)cc2)nc(Cl)n1. The third-order valence-electron chi connectivity index (χ3n) is 2.00. The van der Waals surface area contributed by atoms with Crippen molar-refractivity contribution in [2.45, 2.75) is 16.1 Å². The first-order valence-electron chi connectivity index (χ1n) is 4.90. The van der Waals surface area contributed by atoms with Crippen LogP contribution in [0.4, 0.5) is 13.2 Å². The molecule has 0 bridgehead atoms.